The maximum absolute atomic E-state index is 5.69. The minimum absolute atomic E-state index is 0.467. The summed E-state index contributed by atoms with van der Waals surface area (Å²) in [5, 5.41) is 1.15. The fourth-order valence-electron chi connectivity index (χ4n) is 1.87. The molecule has 1 aromatic heterocycles. The first kappa shape index (κ1) is 10.2. The number of aromatic nitrogens is 1. The zero-order valence-corrected chi connectivity index (χ0v) is 9.55. The van der Waals surface area contributed by atoms with Crippen molar-refractivity contribution in [3.63, 3.8) is 0 Å². The van der Waals surface area contributed by atoms with E-state index in [1.807, 2.05) is 12.1 Å². The van der Waals surface area contributed by atoms with Crippen LogP contribution in [0.5, 0.6) is 0 Å². The molecule has 2 rings (SSSR count). The average molecular weight is 218 g/mol. The van der Waals surface area contributed by atoms with Gasteiger partial charge in [-0.05, 0) is 18.6 Å². The molecule has 0 amide bonds. The number of thiocarbonyl (C=S) groups is 1. The standard InChI is InChI=1S/C12H14N2S/c1-2-7-14-8-6-9-10(12(13)15)4-3-5-11(9)14/h3-6,8H,2,7H2,1H3,(H2,13,15). The summed E-state index contributed by atoms with van der Waals surface area (Å²) in [7, 11) is 0. The smallest absolute Gasteiger partial charge is 0.104 e. The van der Waals surface area contributed by atoms with Gasteiger partial charge in [0.1, 0.15) is 4.99 Å². The normalized spacial score (nSPS) is 10.7. The Morgan fingerprint density at radius 1 is 1.40 bits per heavy atom. The minimum Gasteiger partial charge on any atom is -0.389 e. The zero-order valence-electron chi connectivity index (χ0n) is 8.73. The summed E-state index contributed by atoms with van der Waals surface area (Å²) in [5.74, 6) is 0. The summed E-state index contributed by atoms with van der Waals surface area (Å²) in [6.45, 7) is 3.20. The molecule has 0 saturated heterocycles. The number of fused-ring (bicyclic) bond motifs is 1. The third-order valence-electron chi connectivity index (χ3n) is 2.54. The first-order chi connectivity index (χ1) is 7.24. The second kappa shape index (κ2) is 4.03. The Morgan fingerprint density at radius 3 is 2.87 bits per heavy atom. The predicted molar refractivity (Wildman–Crippen MR) is 68.1 cm³/mol. The van der Waals surface area contributed by atoms with E-state index in [-0.39, 0.29) is 0 Å². The van der Waals surface area contributed by atoms with E-state index in [9.17, 15) is 0 Å². The van der Waals surface area contributed by atoms with Crippen molar-refractivity contribution in [3.05, 3.63) is 36.0 Å². The predicted octanol–water partition coefficient (Wildman–Crippen LogP) is 2.69. The van der Waals surface area contributed by atoms with Crippen molar-refractivity contribution in [1.29, 1.82) is 0 Å². The Bertz CT molecular complexity index is 499. The Hall–Kier alpha value is -1.35. The van der Waals surface area contributed by atoms with Crippen molar-refractivity contribution in [2.45, 2.75) is 19.9 Å². The van der Waals surface area contributed by atoms with Gasteiger partial charge < -0.3 is 10.3 Å². The van der Waals surface area contributed by atoms with Crippen LogP contribution < -0.4 is 5.73 Å². The molecule has 0 fully saturated rings. The largest absolute Gasteiger partial charge is 0.389 e. The Balaban J connectivity index is 2.63. The molecule has 0 saturated carbocycles. The maximum Gasteiger partial charge on any atom is 0.104 e. The van der Waals surface area contributed by atoms with Crippen molar-refractivity contribution in [3.8, 4) is 0 Å². The van der Waals surface area contributed by atoms with Crippen LogP contribution >= 0.6 is 12.2 Å². The van der Waals surface area contributed by atoms with Crippen molar-refractivity contribution in [1.82, 2.24) is 4.57 Å². The molecule has 1 heterocycles. The third-order valence-corrected chi connectivity index (χ3v) is 2.76. The fourth-order valence-corrected chi connectivity index (χ4v) is 2.05. The lowest BCUT2D eigenvalue weighted by molar-refractivity contribution is 0.703. The number of rotatable bonds is 3. The van der Waals surface area contributed by atoms with E-state index in [0.29, 0.717) is 4.99 Å². The summed E-state index contributed by atoms with van der Waals surface area (Å²) < 4.78 is 2.23. The van der Waals surface area contributed by atoms with Crippen LogP contribution in [0.2, 0.25) is 0 Å². The number of aryl methyl sites for hydroxylation is 1. The molecule has 2 aromatic rings. The molecule has 0 radical (unpaired) electrons. The molecule has 2 N–H and O–H groups in total. The summed E-state index contributed by atoms with van der Waals surface area (Å²) >= 11 is 5.03. The quantitative estimate of drug-likeness (QED) is 0.803. The average Bonchev–Trinajstić information content (AvgIpc) is 2.62. The summed E-state index contributed by atoms with van der Waals surface area (Å²) in [5.41, 5.74) is 7.87. The van der Waals surface area contributed by atoms with Crippen molar-refractivity contribution in [2.24, 2.45) is 5.73 Å². The van der Waals surface area contributed by atoms with Crippen molar-refractivity contribution < 1.29 is 0 Å². The number of benzene rings is 1. The number of hydrogen-bond acceptors (Lipinski definition) is 1. The van der Waals surface area contributed by atoms with Gasteiger partial charge in [0.25, 0.3) is 0 Å². The van der Waals surface area contributed by atoms with Crippen LogP contribution in [0.1, 0.15) is 18.9 Å². The summed E-state index contributed by atoms with van der Waals surface area (Å²) in [6, 6.07) is 8.16. The molecule has 0 aliphatic heterocycles. The van der Waals surface area contributed by atoms with Gasteiger partial charge in [-0.3, -0.25) is 0 Å². The van der Waals surface area contributed by atoms with E-state index in [1.54, 1.807) is 0 Å². The molecule has 2 nitrogen and oxygen atoms in total. The van der Waals surface area contributed by atoms with Crippen LogP contribution in [0.25, 0.3) is 10.9 Å². The second-order valence-electron chi connectivity index (χ2n) is 3.61. The van der Waals surface area contributed by atoms with Crippen LogP contribution in [0, 0.1) is 0 Å². The van der Waals surface area contributed by atoms with E-state index in [4.69, 9.17) is 18.0 Å². The summed E-state index contributed by atoms with van der Waals surface area (Å²) in [6.07, 6.45) is 3.22. The molecule has 0 spiro atoms. The Kier molecular flexibility index (Phi) is 2.73. The minimum atomic E-state index is 0.467. The lowest BCUT2D eigenvalue weighted by Crippen LogP contribution is -2.09. The molecule has 0 unspecified atom stereocenters. The van der Waals surface area contributed by atoms with Crippen LogP contribution in [0.3, 0.4) is 0 Å². The van der Waals surface area contributed by atoms with Crippen molar-refractivity contribution >= 4 is 28.1 Å². The van der Waals surface area contributed by atoms with E-state index < -0.39 is 0 Å². The Morgan fingerprint density at radius 2 is 2.20 bits per heavy atom. The van der Waals surface area contributed by atoms with Gasteiger partial charge >= 0.3 is 0 Å². The van der Waals surface area contributed by atoms with Gasteiger partial charge in [0.2, 0.25) is 0 Å². The number of nitrogens with two attached hydrogens (primary N) is 1. The molecule has 78 valence electrons. The van der Waals surface area contributed by atoms with Gasteiger partial charge in [0.05, 0.1) is 0 Å². The second-order valence-corrected chi connectivity index (χ2v) is 4.05. The number of nitrogens with zero attached hydrogens (tertiary/aromatic N) is 1. The first-order valence-electron chi connectivity index (χ1n) is 5.11. The highest BCUT2D eigenvalue weighted by Gasteiger charge is 2.06. The molecule has 15 heavy (non-hydrogen) atoms. The van der Waals surface area contributed by atoms with Crippen LogP contribution in [0.15, 0.2) is 30.5 Å². The molecular weight excluding hydrogens is 204 g/mol. The molecule has 0 aliphatic rings. The zero-order chi connectivity index (χ0) is 10.8. The van der Waals surface area contributed by atoms with E-state index in [0.717, 1.165) is 23.9 Å². The van der Waals surface area contributed by atoms with Gasteiger partial charge in [0, 0.05) is 29.2 Å². The lowest BCUT2D eigenvalue weighted by Gasteiger charge is -2.04. The molecular formula is C12H14N2S. The van der Waals surface area contributed by atoms with Gasteiger partial charge in [-0.1, -0.05) is 31.3 Å². The fraction of sp³-hybridized carbons (Fsp3) is 0.250. The van der Waals surface area contributed by atoms with Crippen LogP contribution in [-0.4, -0.2) is 9.56 Å². The highest BCUT2D eigenvalue weighted by Crippen LogP contribution is 2.20. The van der Waals surface area contributed by atoms with Crippen LogP contribution in [0.4, 0.5) is 0 Å². The molecule has 1 aromatic carbocycles. The Labute approximate surface area is 94.7 Å². The van der Waals surface area contributed by atoms with Crippen molar-refractivity contribution in [2.75, 3.05) is 0 Å². The number of hydrogen-bond donors (Lipinski definition) is 1. The maximum atomic E-state index is 5.69. The highest BCUT2D eigenvalue weighted by atomic mass is 32.1. The van der Waals surface area contributed by atoms with Gasteiger partial charge in [0.15, 0.2) is 0 Å². The molecule has 0 aliphatic carbocycles. The van der Waals surface area contributed by atoms with Gasteiger partial charge in [-0.2, -0.15) is 0 Å². The van der Waals surface area contributed by atoms with E-state index >= 15 is 0 Å². The van der Waals surface area contributed by atoms with Crippen LogP contribution in [-0.2, 0) is 6.54 Å². The van der Waals surface area contributed by atoms with E-state index in [1.165, 1.54) is 5.52 Å². The lowest BCUT2D eigenvalue weighted by atomic mass is 10.1. The third kappa shape index (κ3) is 1.75. The topological polar surface area (TPSA) is 30.9 Å². The molecule has 0 atom stereocenters. The molecule has 3 heteroatoms. The van der Waals surface area contributed by atoms with Gasteiger partial charge in [-0.25, -0.2) is 0 Å². The highest BCUT2D eigenvalue weighted by molar-refractivity contribution is 7.80. The first-order valence-corrected chi connectivity index (χ1v) is 5.52. The summed E-state index contributed by atoms with van der Waals surface area (Å²) in [4.78, 5) is 0.467. The van der Waals surface area contributed by atoms with E-state index in [2.05, 4.69) is 29.8 Å². The molecule has 0 bridgehead atoms. The monoisotopic (exact) mass is 218 g/mol. The SMILES string of the molecule is CCCn1ccc2c(C(N)=S)cccc21. The van der Waals surface area contributed by atoms with Gasteiger partial charge in [-0.15, -0.1) is 0 Å².